The fraction of sp³-hybridized carbons (Fsp3) is 0.368. The molecule has 3 aromatic heterocycles. The van der Waals surface area contributed by atoms with Crippen molar-refractivity contribution in [2.45, 2.75) is 32.7 Å². The Kier molecular flexibility index (Phi) is 7.44. The minimum absolute atomic E-state index is 0.267. The van der Waals surface area contributed by atoms with E-state index in [4.69, 9.17) is 17.3 Å². The number of hydrogen-bond acceptors (Lipinski definition) is 6. The first-order valence-electron chi connectivity index (χ1n) is 9.73. The molecule has 0 unspecified atom stereocenters. The molecule has 3 aromatic rings. The summed E-state index contributed by atoms with van der Waals surface area (Å²) in [5.74, 6) is 0.595. The van der Waals surface area contributed by atoms with Gasteiger partial charge >= 0.3 is 6.09 Å². The molecule has 30 heavy (non-hydrogen) atoms. The molecule has 0 radical (unpaired) electrons. The van der Waals surface area contributed by atoms with E-state index in [1.165, 1.54) is 0 Å². The molecule has 3 rings (SSSR count). The molecule has 10 nitrogen and oxygen atoms in total. The predicted molar refractivity (Wildman–Crippen MR) is 118 cm³/mol. The van der Waals surface area contributed by atoms with Crippen LogP contribution in [0.3, 0.4) is 0 Å². The Morgan fingerprint density at radius 3 is 2.83 bits per heavy atom. The summed E-state index contributed by atoms with van der Waals surface area (Å²) in [6.07, 6.45) is 7.44. The number of carbonyl (C=O) groups is 1. The third kappa shape index (κ3) is 6.08. The Labute approximate surface area is 179 Å². The van der Waals surface area contributed by atoms with Gasteiger partial charge in [-0.05, 0) is 30.8 Å². The number of carboxylic acid groups (broad SMARTS) is 1. The van der Waals surface area contributed by atoms with Gasteiger partial charge in [-0.2, -0.15) is 5.10 Å². The molecule has 0 fully saturated rings. The van der Waals surface area contributed by atoms with Crippen molar-refractivity contribution in [1.29, 1.82) is 0 Å². The summed E-state index contributed by atoms with van der Waals surface area (Å²) in [6, 6.07) is 3.65. The van der Waals surface area contributed by atoms with Gasteiger partial charge in [-0.3, -0.25) is 9.67 Å². The number of aromatic nitrogens is 5. The van der Waals surface area contributed by atoms with Crippen LogP contribution >= 0.6 is 12.2 Å². The third-order valence-electron chi connectivity index (χ3n) is 4.26. The zero-order valence-electron chi connectivity index (χ0n) is 16.6. The smallest absolute Gasteiger partial charge is 0.404 e. The summed E-state index contributed by atoms with van der Waals surface area (Å²) >= 11 is 5.31. The van der Waals surface area contributed by atoms with Crippen LogP contribution in [0.25, 0.3) is 22.4 Å². The van der Waals surface area contributed by atoms with Gasteiger partial charge in [-0.25, -0.2) is 14.8 Å². The van der Waals surface area contributed by atoms with Crippen LogP contribution in [0.5, 0.6) is 0 Å². The maximum Gasteiger partial charge on any atom is 0.404 e. The Morgan fingerprint density at radius 1 is 1.17 bits per heavy atom. The number of rotatable bonds is 9. The van der Waals surface area contributed by atoms with Crippen LogP contribution in [-0.4, -0.2) is 54.1 Å². The lowest BCUT2D eigenvalue weighted by Crippen LogP contribution is -2.29. The van der Waals surface area contributed by atoms with E-state index in [1.54, 1.807) is 23.3 Å². The van der Waals surface area contributed by atoms with Crippen LogP contribution in [0.2, 0.25) is 0 Å². The molecular weight excluding hydrogens is 404 g/mol. The topological polar surface area (TPSA) is 130 Å². The lowest BCUT2D eigenvalue weighted by Gasteiger charge is -2.10. The standard InChI is InChI=1S/C19H24N8O2S/c1-2-3-4-7-20-18(30)26-16-6-5-14-17(25-16)24-15(11-22-14)13-10-23-27(12-13)9-8-21-19(28)29/h5-6,10-12,21H,2-4,7-9H2,1H3,(H,28,29)(H2,20,24,25,26,30). The summed E-state index contributed by atoms with van der Waals surface area (Å²) in [4.78, 5) is 24.0. The summed E-state index contributed by atoms with van der Waals surface area (Å²) in [6.45, 7) is 3.67. The van der Waals surface area contributed by atoms with E-state index in [0.717, 1.165) is 31.4 Å². The van der Waals surface area contributed by atoms with Crippen LogP contribution in [0, 0.1) is 0 Å². The molecule has 1 amide bonds. The van der Waals surface area contributed by atoms with E-state index in [1.807, 2.05) is 12.1 Å². The highest BCUT2D eigenvalue weighted by molar-refractivity contribution is 7.80. The predicted octanol–water partition coefficient (Wildman–Crippen LogP) is 2.63. The molecule has 4 N–H and O–H groups in total. The lowest BCUT2D eigenvalue weighted by molar-refractivity contribution is 0.194. The number of nitrogens with zero attached hydrogens (tertiary/aromatic N) is 5. The minimum atomic E-state index is -1.06. The molecule has 0 atom stereocenters. The first-order valence-corrected chi connectivity index (χ1v) is 10.1. The molecule has 158 valence electrons. The number of thiocarbonyl (C=S) groups is 1. The quantitative estimate of drug-likeness (QED) is 0.300. The lowest BCUT2D eigenvalue weighted by atomic mass is 10.2. The Bertz CT molecular complexity index is 1020. The van der Waals surface area contributed by atoms with E-state index in [0.29, 0.717) is 34.3 Å². The average molecular weight is 429 g/mol. The van der Waals surface area contributed by atoms with Crippen molar-refractivity contribution >= 4 is 40.4 Å². The van der Waals surface area contributed by atoms with Gasteiger partial charge in [0.25, 0.3) is 0 Å². The average Bonchev–Trinajstić information content (AvgIpc) is 3.19. The largest absolute Gasteiger partial charge is 0.465 e. The highest BCUT2D eigenvalue weighted by Gasteiger charge is 2.08. The van der Waals surface area contributed by atoms with E-state index >= 15 is 0 Å². The summed E-state index contributed by atoms with van der Waals surface area (Å²) in [5, 5.41) is 21.9. The Hall–Kier alpha value is -3.34. The second-order valence-corrected chi connectivity index (χ2v) is 7.01. The summed E-state index contributed by atoms with van der Waals surface area (Å²) in [5.41, 5.74) is 2.56. The van der Waals surface area contributed by atoms with Gasteiger partial charge in [-0.15, -0.1) is 0 Å². The van der Waals surface area contributed by atoms with Crippen molar-refractivity contribution in [1.82, 2.24) is 35.4 Å². The van der Waals surface area contributed by atoms with Crippen molar-refractivity contribution in [3.05, 3.63) is 30.7 Å². The number of unbranched alkanes of at least 4 members (excludes halogenated alkanes) is 2. The Morgan fingerprint density at radius 2 is 2.03 bits per heavy atom. The van der Waals surface area contributed by atoms with Gasteiger partial charge in [0.15, 0.2) is 10.8 Å². The summed E-state index contributed by atoms with van der Waals surface area (Å²) < 4.78 is 1.64. The Balaban J connectivity index is 1.67. The van der Waals surface area contributed by atoms with Crippen molar-refractivity contribution in [2.24, 2.45) is 0 Å². The normalized spacial score (nSPS) is 10.7. The highest BCUT2D eigenvalue weighted by atomic mass is 32.1. The fourth-order valence-corrected chi connectivity index (χ4v) is 2.95. The second-order valence-electron chi connectivity index (χ2n) is 6.61. The number of amides is 1. The highest BCUT2D eigenvalue weighted by Crippen LogP contribution is 2.19. The van der Waals surface area contributed by atoms with Gasteiger partial charge in [0.05, 0.1) is 24.6 Å². The first kappa shape index (κ1) is 21.4. The van der Waals surface area contributed by atoms with E-state index in [-0.39, 0.29) is 6.54 Å². The van der Waals surface area contributed by atoms with Crippen LogP contribution in [0.1, 0.15) is 26.2 Å². The maximum absolute atomic E-state index is 10.5. The molecular formula is C19H24N8O2S. The van der Waals surface area contributed by atoms with Gasteiger partial charge < -0.3 is 21.1 Å². The molecule has 0 saturated carbocycles. The van der Waals surface area contributed by atoms with Gasteiger partial charge in [0.2, 0.25) is 0 Å². The number of pyridine rings is 1. The first-order chi connectivity index (χ1) is 14.5. The number of fused-ring (bicyclic) bond motifs is 1. The molecule has 0 spiro atoms. The zero-order valence-corrected chi connectivity index (χ0v) is 17.4. The zero-order chi connectivity index (χ0) is 21.3. The molecule has 0 aliphatic carbocycles. The molecule has 11 heteroatoms. The van der Waals surface area contributed by atoms with Crippen LogP contribution in [0.15, 0.2) is 30.7 Å². The van der Waals surface area contributed by atoms with Crippen LogP contribution in [0.4, 0.5) is 10.6 Å². The third-order valence-corrected chi connectivity index (χ3v) is 4.51. The number of hydrogen-bond donors (Lipinski definition) is 4. The van der Waals surface area contributed by atoms with Crippen molar-refractivity contribution in [3.8, 4) is 11.3 Å². The van der Waals surface area contributed by atoms with Gasteiger partial charge in [0.1, 0.15) is 11.3 Å². The molecule has 0 saturated heterocycles. The molecule has 0 aliphatic heterocycles. The van der Waals surface area contributed by atoms with Gasteiger partial charge in [-0.1, -0.05) is 19.8 Å². The van der Waals surface area contributed by atoms with E-state index < -0.39 is 6.09 Å². The second kappa shape index (κ2) is 10.4. The minimum Gasteiger partial charge on any atom is -0.465 e. The monoisotopic (exact) mass is 428 g/mol. The summed E-state index contributed by atoms with van der Waals surface area (Å²) in [7, 11) is 0. The van der Waals surface area contributed by atoms with Crippen molar-refractivity contribution in [2.75, 3.05) is 18.4 Å². The van der Waals surface area contributed by atoms with E-state index in [9.17, 15) is 4.79 Å². The molecule has 0 aromatic carbocycles. The number of nitrogens with one attached hydrogen (secondary N) is 3. The SMILES string of the molecule is CCCCCNC(=S)Nc1ccc2ncc(-c3cnn(CCNC(=O)O)c3)nc2n1. The van der Waals surface area contributed by atoms with Crippen molar-refractivity contribution in [3.63, 3.8) is 0 Å². The van der Waals surface area contributed by atoms with Gasteiger partial charge in [0, 0.05) is 24.8 Å². The fourth-order valence-electron chi connectivity index (χ4n) is 2.74. The maximum atomic E-state index is 10.5. The van der Waals surface area contributed by atoms with Crippen molar-refractivity contribution < 1.29 is 9.90 Å². The van der Waals surface area contributed by atoms with Crippen LogP contribution in [-0.2, 0) is 6.54 Å². The molecule has 0 aliphatic rings. The molecule has 0 bridgehead atoms. The van der Waals surface area contributed by atoms with E-state index in [2.05, 4.69) is 42.9 Å². The molecule has 3 heterocycles. The van der Waals surface area contributed by atoms with Crippen LogP contribution < -0.4 is 16.0 Å². The number of anilines is 1.